The summed E-state index contributed by atoms with van der Waals surface area (Å²) in [5.74, 6) is 0.255. The van der Waals surface area contributed by atoms with Gasteiger partial charge in [-0.1, -0.05) is 36.2 Å². The number of rotatable bonds is 1. The molecule has 3 heteroatoms. The maximum absolute atomic E-state index is 10.1. The van der Waals surface area contributed by atoms with Gasteiger partial charge < -0.3 is 5.11 Å². The molecule has 1 saturated carbocycles. The quantitative estimate of drug-likeness (QED) is 0.765. The van der Waals surface area contributed by atoms with Gasteiger partial charge in [-0.25, -0.2) is 0 Å². The molecule has 2 unspecified atom stereocenters. The Kier molecular flexibility index (Phi) is 2.06. The van der Waals surface area contributed by atoms with Crippen molar-refractivity contribution < 1.29 is 5.11 Å². The highest BCUT2D eigenvalue weighted by Gasteiger charge is 2.53. The molecule has 0 spiro atoms. The number of hydrogen-bond acceptors (Lipinski definition) is 1. The average Bonchev–Trinajstić information content (AvgIpc) is 2.59. The van der Waals surface area contributed by atoms with E-state index in [-0.39, 0.29) is 5.92 Å². The Morgan fingerprint density at radius 1 is 1.38 bits per heavy atom. The van der Waals surface area contributed by atoms with E-state index in [0.717, 1.165) is 6.42 Å². The summed E-state index contributed by atoms with van der Waals surface area (Å²) in [6.07, 6.45) is 0.746. The molecular formula is C10H10Cl2O. The number of benzene rings is 1. The smallest absolute Gasteiger partial charge is 0.0955 e. The molecular weight excluding hydrogens is 207 g/mol. The highest BCUT2D eigenvalue weighted by atomic mass is 35.5. The van der Waals surface area contributed by atoms with Crippen LogP contribution in [0.15, 0.2) is 18.2 Å². The molecule has 1 nitrogen and oxygen atoms in total. The first-order valence-electron chi connectivity index (χ1n) is 4.22. The second kappa shape index (κ2) is 2.88. The minimum atomic E-state index is -0.782. The van der Waals surface area contributed by atoms with E-state index in [1.807, 2.05) is 6.92 Å². The molecule has 1 aliphatic rings. The molecule has 1 fully saturated rings. The lowest BCUT2D eigenvalue weighted by Gasteiger charge is -2.13. The normalized spacial score (nSPS) is 31.8. The Morgan fingerprint density at radius 3 is 2.23 bits per heavy atom. The van der Waals surface area contributed by atoms with E-state index in [9.17, 15) is 5.11 Å². The Bertz CT molecular complexity index is 331. The third-order valence-corrected chi connectivity index (χ3v) is 3.30. The van der Waals surface area contributed by atoms with Gasteiger partial charge in [0.25, 0.3) is 0 Å². The van der Waals surface area contributed by atoms with Crippen LogP contribution in [0.25, 0.3) is 0 Å². The molecule has 2 rings (SSSR count). The Labute approximate surface area is 87.3 Å². The van der Waals surface area contributed by atoms with Crippen molar-refractivity contribution in [1.29, 1.82) is 0 Å². The second-order valence-corrected chi connectivity index (χ2v) is 4.44. The van der Waals surface area contributed by atoms with Crippen molar-refractivity contribution in [2.75, 3.05) is 0 Å². The average molecular weight is 217 g/mol. The summed E-state index contributed by atoms with van der Waals surface area (Å²) in [4.78, 5) is 0. The van der Waals surface area contributed by atoms with Crippen molar-refractivity contribution in [2.45, 2.75) is 18.9 Å². The highest BCUT2D eigenvalue weighted by molar-refractivity contribution is 6.36. The largest absolute Gasteiger partial charge is 0.385 e. The molecule has 0 amide bonds. The van der Waals surface area contributed by atoms with E-state index in [0.29, 0.717) is 15.6 Å². The van der Waals surface area contributed by atoms with Gasteiger partial charge in [0.05, 0.1) is 5.60 Å². The van der Waals surface area contributed by atoms with E-state index in [4.69, 9.17) is 23.2 Å². The van der Waals surface area contributed by atoms with Gasteiger partial charge in [0, 0.05) is 15.6 Å². The van der Waals surface area contributed by atoms with E-state index in [2.05, 4.69) is 0 Å². The molecule has 13 heavy (non-hydrogen) atoms. The van der Waals surface area contributed by atoms with Gasteiger partial charge in [-0.3, -0.25) is 0 Å². The minimum absolute atomic E-state index is 0.255. The molecule has 1 aliphatic carbocycles. The first-order chi connectivity index (χ1) is 6.05. The molecule has 0 heterocycles. The number of halogens is 2. The van der Waals surface area contributed by atoms with Crippen molar-refractivity contribution in [2.24, 2.45) is 5.92 Å². The summed E-state index contributed by atoms with van der Waals surface area (Å²) in [6.45, 7) is 1.99. The van der Waals surface area contributed by atoms with Crippen LogP contribution in [0.4, 0.5) is 0 Å². The maximum Gasteiger partial charge on any atom is 0.0955 e. The summed E-state index contributed by atoms with van der Waals surface area (Å²) in [7, 11) is 0. The van der Waals surface area contributed by atoms with E-state index < -0.39 is 5.60 Å². The first-order valence-corrected chi connectivity index (χ1v) is 4.98. The molecule has 1 N–H and O–H groups in total. The summed E-state index contributed by atoms with van der Waals surface area (Å²) in [6, 6.07) is 5.29. The maximum atomic E-state index is 10.1. The van der Waals surface area contributed by atoms with Gasteiger partial charge in [0.1, 0.15) is 0 Å². The van der Waals surface area contributed by atoms with E-state index in [1.165, 1.54) is 0 Å². The predicted octanol–water partition coefficient (Wildman–Crippen LogP) is 3.22. The molecule has 1 aromatic carbocycles. The lowest BCUT2D eigenvalue weighted by molar-refractivity contribution is 0.135. The van der Waals surface area contributed by atoms with Gasteiger partial charge in [-0.2, -0.15) is 0 Å². The highest BCUT2D eigenvalue weighted by Crippen LogP contribution is 2.55. The van der Waals surface area contributed by atoms with E-state index in [1.54, 1.807) is 18.2 Å². The standard InChI is InChI=1S/C10H10Cl2O/c1-6-5-10(6,13)9-7(11)3-2-4-8(9)12/h2-4,6,13H,5H2,1H3. The molecule has 0 aliphatic heterocycles. The summed E-state index contributed by atoms with van der Waals surface area (Å²) in [5.41, 5.74) is -0.0964. The molecule has 0 saturated heterocycles. The van der Waals surface area contributed by atoms with Crippen molar-refractivity contribution in [1.82, 2.24) is 0 Å². The van der Waals surface area contributed by atoms with Gasteiger partial charge in [-0.05, 0) is 24.5 Å². The fraction of sp³-hybridized carbons (Fsp3) is 0.400. The molecule has 0 aromatic heterocycles. The Morgan fingerprint density at radius 2 is 1.85 bits per heavy atom. The third kappa shape index (κ3) is 1.35. The minimum Gasteiger partial charge on any atom is -0.385 e. The van der Waals surface area contributed by atoms with Crippen molar-refractivity contribution in [3.63, 3.8) is 0 Å². The van der Waals surface area contributed by atoms with Crippen molar-refractivity contribution >= 4 is 23.2 Å². The van der Waals surface area contributed by atoms with Crippen LogP contribution in [0, 0.1) is 5.92 Å². The van der Waals surface area contributed by atoms with Crippen LogP contribution in [-0.4, -0.2) is 5.11 Å². The first kappa shape index (κ1) is 9.32. The summed E-state index contributed by atoms with van der Waals surface area (Å²) < 4.78 is 0. The molecule has 0 bridgehead atoms. The van der Waals surface area contributed by atoms with Crippen LogP contribution in [0.1, 0.15) is 18.9 Å². The van der Waals surface area contributed by atoms with Gasteiger partial charge >= 0.3 is 0 Å². The lowest BCUT2D eigenvalue weighted by atomic mass is 10.1. The van der Waals surface area contributed by atoms with Crippen LogP contribution < -0.4 is 0 Å². The van der Waals surface area contributed by atoms with Crippen molar-refractivity contribution in [3.8, 4) is 0 Å². The van der Waals surface area contributed by atoms with Crippen LogP contribution >= 0.6 is 23.2 Å². The fourth-order valence-electron chi connectivity index (χ4n) is 1.67. The topological polar surface area (TPSA) is 20.2 Å². The molecule has 0 radical (unpaired) electrons. The zero-order chi connectivity index (χ0) is 9.64. The van der Waals surface area contributed by atoms with Crippen LogP contribution in [0.3, 0.4) is 0 Å². The molecule has 1 aromatic rings. The monoisotopic (exact) mass is 216 g/mol. The molecule has 2 atom stereocenters. The van der Waals surface area contributed by atoms with Crippen molar-refractivity contribution in [3.05, 3.63) is 33.8 Å². The van der Waals surface area contributed by atoms with Gasteiger partial charge in [0.15, 0.2) is 0 Å². The van der Waals surface area contributed by atoms with E-state index >= 15 is 0 Å². The SMILES string of the molecule is CC1CC1(O)c1c(Cl)cccc1Cl. The molecule has 70 valence electrons. The Balaban J connectivity index is 2.52. The predicted molar refractivity (Wildman–Crippen MR) is 54.1 cm³/mol. The van der Waals surface area contributed by atoms with Gasteiger partial charge in [0.2, 0.25) is 0 Å². The summed E-state index contributed by atoms with van der Waals surface area (Å²) in [5, 5.41) is 11.2. The van der Waals surface area contributed by atoms with Crippen LogP contribution in [0.2, 0.25) is 10.0 Å². The lowest BCUT2D eigenvalue weighted by Crippen LogP contribution is -2.09. The third-order valence-electron chi connectivity index (χ3n) is 2.67. The van der Waals surface area contributed by atoms with Gasteiger partial charge in [-0.15, -0.1) is 0 Å². The second-order valence-electron chi connectivity index (χ2n) is 3.63. The Hall–Kier alpha value is -0.240. The number of hydrogen-bond donors (Lipinski definition) is 1. The van der Waals surface area contributed by atoms with Crippen LogP contribution in [-0.2, 0) is 5.60 Å². The number of aliphatic hydroxyl groups is 1. The zero-order valence-electron chi connectivity index (χ0n) is 7.22. The summed E-state index contributed by atoms with van der Waals surface area (Å²) >= 11 is 12.0. The zero-order valence-corrected chi connectivity index (χ0v) is 8.73. The fourth-order valence-corrected chi connectivity index (χ4v) is 2.39. The van der Waals surface area contributed by atoms with Crippen LogP contribution in [0.5, 0.6) is 0 Å².